The van der Waals surface area contributed by atoms with E-state index in [1.165, 1.54) is 21.3 Å². The van der Waals surface area contributed by atoms with Crippen LogP contribution in [0.5, 0.6) is 0 Å². The Morgan fingerprint density at radius 3 is 2.68 bits per heavy atom. The lowest BCUT2D eigenvalue weighted by Crippen LogP contribution is -2.70. The van der Waals surface area contributed by atoms with Crippen molar-refractivity contribution >= 4 is 51.4 Å². The third kappa shape index (κ3) is 6.12. The van der Waals surface area contributed by atoms with Crippen LogP contribution in [0, 0.1) is 0 Å². The maximum absolute atomic E-state index is 12.9. The van der Waals surface area contributed by atoms with Gasteiger partial charge in [-0.05, 0) is 27.1 Å². The van der Waals surface area contributed by atoms with Crippen molar-refractivity contribution in [3.8, 4) is 0 Å². The number of thioether (sulfide) groups is 2. The lowest BCUT2D eigenvalue weighted by molar-refractivity contribution is -0.150. The van der Waals surface area contributed by atoms with Gasteiger partial charge >= 0.3 is 5.97 Å². The van der Waals surface area contributed by atoms with Crippen LogP contribution in [-0.4, -0.2) is 89.6 Å². The van der Waals surface area contributed by atoms with Gasteiger partial charge in [-0.1, -0.05) is 36.0 Å². The fourth-order valence-electron chi connectivity index (χ4n) is 3.91. The van der Waals surface area contributed by atoms with E-state index in [-0.39, 0.29) is 47.8 Å². The Bertz CT molecular complexity index is 1360. The lowest BCUT2D eigenvalue weighted by atomic mass is 10.0. The molecule has 5 N–H and O–H groups in total. The molecule has 0 spiro atoms. The second-order valence-corrected chi connectivity index (χ2v) is 11.7. The van der Waals surface area contributed by atoms with Crippen LogP contribution in [0.1, 0.15) is 11.1 Å². The molecule has 2 aliphatic rings. The Kier molecular flexibility index (Phi) is 8.17. The molecule has 17 heteroatoms. The normalized spacial score (nSPS) is 19.4. The predicted molar refractivity (Wildman–Crippen MR) is 133 cm³/mol. The van der Waals surface area contributed by atoms with Crippen LogP contribution < -0.4 is 11.1 Å². The first-order valence-corrected chi connectivity index (χ1v) is 14.5. The maximum atomic E-state index is 12.9. The summed E-state index contributed by atoms with van der Waals surface area (Å²) >= 11 is 2.40. The summed E-state index contributed by atoms with van der Waals surface area (Å²) in [4.78, 5) is 38.8. The number of nitrogens with zero attached hydrogens (tertiary/aromatic N) is 5. The molecule has 4 rings (SSSR count). The highest BCUT2D eigenvalue weighted by molar-refractivity contribution is 8.01. The number of carbonyl (C=O) groups excluding carboxylic acids is 2. The van der Waals surface area contributed by atoms with Crippen LogP contribution in [0.25, 0.3) is 0 Å². The topological polar surface area (TPSA) is 211 Å². The first-order valence-electron chi connectivity index (χ1n) is 10.9. The summed E-state index contributed by atoms with van der Waals surface area (Å²) in [6.07, 6.45) is 0.0460. The zero-order chi connectivity index (χ0) is 26.7. The molecule has 1 aromatic carbocycles. The standard InChI is InChI=1S/C20H23N7O7S3/c21-8-12-4-2-1-3-11(12)7-14(28)22-15-17(29)27-16(19(30)31)13(9-35-18(15)27)10-36-20-23-24-25-26(20)5-6-37(32,33)34/h1-4,15,18H,5-10,21H2,(H,22,28)(H,30,31)(H,32,33,34)/t15?,18-/m1/s1. The number of aliphatic carboxylic acids is 1. The van der Waals surface area contributed by atoms with Gasteiger partial charge in [0.15, 0.2) is 0 Å². The van der Waals surface area contributed by atoms with E-state index < -0.39 is 39.2 Å². The van der Waals surface area contributed by atoms with Gasteiger partial charge in [-0.2, -0.15) is 8.42 Å². The number of aromatic nitrogens is 4. The van der Waals surface area contributed by atoms with E-state index in [9.17, 15) is 27.9 Å². The van der Waals surface area contributed by atoms with Gasteiger partial charge in [0.05, 0.1) is 18.7 Å². The minimum absolute atomic E-state index is 0.0460. The molecule has 0 saturated carbocycles. The number of hydrogen-bond acceptors (Lipinski definition) is 11. The molecular formula is C20H23N7O7S3. The summed E-state index contributed by atoms with van der Waals surface area (Å²) in [5.74, 6) is -2.32. The predicted octanol–water partition coefficient (Wildman–Crippen LogP) is -0.907. The lowest BCUT2D eigenvalue weighted by Gasteiger charge is -2.49. The zero-order valence-electron chi connectivity index (χ0n) is 19.2. The number of aryl methyl sites for hydroxylation is 1. The van der Waals surface area contributed by atoms with Gasteiger partial charge in [0.1, 0.15) is 17.1 Å². The molecule has 2 aromatic rings. The van der Waals surface area contributed by atoms with Crippen molar-refractivity contribution in [2.24, 2.45) is 5.73 Å². The SMILES string of the molecule is NCc1ccccc1CC(=O)NC1C(=O)N2C(C(=O)O)=C(CSc3nnnn3CCS(=O)(=O)O)CS[C@H]12. The molecule has 1 unspecified atom stereocenters. The third-order valence-corrected chi connectivity index (χ3v) is 8.77. The number of hydrogen-bond donors (Lipinski definition) is 4. The fraction of sp³-hybridized carbons (Fsp3) is 0.400. The van der Waals surface area contributed by atoms with Crippen molar-refractivity contribution in [3.05, 3.63) is 46.7 Å². The van der Waals surface area contributed by atoms with Gasteiger partial charge in [0.25, 0.3) is 16.0 Å². The molecule has 2 aliphatic heterocycles. The number of amides is 2. The van der Waals surface area contributed by atoms with Crippen molar-refractivity contribution in [1.29, 1.82) is 0 Å². The van der Waals surface area contributed by atoms with Crippen molar-refractivity contribution in [2.75, 3.05) is 17.3 Å². The van der Waals surface area contributed by atoms with Gasteiger partial charge in [0, 0.05) is 18.1 Å². The van der Waals surface area contributed by atoms with Gasteiger partial charge in [-0.25, -0.2) is 9.48 Å². The first kappa shape index (κ1) is 27.1. The first-order chi connectivity index (χ1) is 17.6. The number of fused-ring (bicyclic) bond motifs is 1. The third-order valence-electron chi connectivity index (χ3n) is 5.69. The Hall–Kier alpha value is -2.99. The number of carbonyl (C=O) groups is 3. The van der Waals surface area contributed by atoms with E-state index >= 15 is 0 Å². The Morgan fingerprint density at radius 2 is 2.00 bits per heavy atom. The molecular weight excluding hydrogens is 546 g/mol. The number of benzene rings is 1. The minimum atomic E-state index is -4.22. The molecule has 198 valence electrons. The summed E-state index contributed by atoms with van der Waals surface area (Å²) in [5, 5.41) is 23.2. The Morgan fingerprint density at radius 1 is 1.27 bits per heavy atom. The second kappa shape index (κ2) is 11.2. The summed E-state index contributed by atoms with van der Waals surface area (Å²) in [6, 6.07) is 6.39. The van der Waals surface area contributed by atoms with Crippen molar-refractivity contribution in [2.45, 2.75) is 36.1 Å². The number of β-lactam (4-membered cyclic amide) rings is 1. The van der Waals surface area contributed by atoms with E-state index in [1.807, 2.05) is 12.1 Å². The van der Waals surface area contributed by atoms with E-state index in [0.29, 0.717) is 5.57 Å². The van der Waals surface area contributed by atoms with Gasteiger partial charge in [-0.3, -0.25) is 19.0 Å². The average Bonchev–Trinajstić information content (AvgIpc) is 3.31. The van der Waals surface area contributed by atoms with Crippen LogP contribution in [0.4, 0.5) is 0 Å². The van der Waals surface area contributed by atoms with Crippen LogP contribution >= 0.6 is 23.5 Å². The molecule has 14 nitrogen and oxygen atoms in total. The van der Waals surface area contributed by atoms with E-state index in [1.54, 1.807) is 12.1 Å². The summed E-state index contributed by atoms with van der Waals surface area (Å²) in [7, 11) is -4.22. The number of nitrogens with two attached hydrogens (primary N) is 1. The fourth-order valence-corrected chi connectivity index (χ4v) is 6.71. The average molecular weight is 570 g/mol. The molecule has 2 atom stereocenters. The number of tetrazole rings is 1. The summed E-state index contributed by atoms with van der Waals surface area (Å²) < 4.78 is 32.1. The molecule has 1 aromatic heterocycles. The molecule has 0 bridgehead atoms. The van der Waals surface area contributed by atoms with Crippen molar-refractivity contribution < 1.29 is 32.5 Å². The highest BCUT2D eigenvalue weighted by Gasteiger charge is 2.54. The Balaban J connectivity index is 1.42. The summed E-state index contributed by atoms with van der Waals surface area (Å²) in [5.41, 5.74) is 7.61. The quantitative estimate of drug-likeness (QED) is 0.147. The number of rotatable bonds is 11. The minimum Gasteiger partial charge on any atom is -0.477 e. The molecule has 1 saturated heterocycles. The van der Waals surface area contributed by atoms with E-state index in [0.717, 1.165) is 22.9 Å². The van der Waals surface area contributed by atoms with E-state index in [4.69, 9.17) is 10.3 Å². The maximum Gasteiger partial charge on any atom is 0.352 e. The molecule has 1 fully saturated rings. The van der Waals surface area contributed by atoms with Crippen LogP contribution in [-0.2, 0) is 44.0 Å². The van der Waals surface area contributed by atoms with Gasteiger partial charge < -0.3 is 16.2 Å². The molecule has 3 heterocycles. The van der Waals surface area contributed by atoms with E-state index in [2.05, 4.69) is 20.8 Å². The smallest absolute Gasteiger partial charge is 0.352 e. The highest BCUT2D eigenvalue weighted by Crippen LogP contribution is 2.41. The monoisotopic (exact) mass is 569 g/mol. The number of carboxylic acids is 1. The highest BCUT2D eigenvalue weighted by atomic mass is 32.2. The zero-order valence-corrected chi connectivity index (χ0v) is 21.6. The van der Waals surface area contributed by atoms with Crippen molar-refractivity contribution in [1.82, 2.24) is 30.4 Å². The largest absolute Gasteiger partial charge is 0.477 e. The van der Waals surface area contributed by atoms with Gasteiger partial charge in [-0.15, -0.1) is 16.9 Å². The van der Waals surface area contributed by atoms with Crippen LogP contribution in [0.15, 0.2) is 40.7 Å². The summed E-state index contributed by atoms with van der Waals surface area (Å²) in [6.45, 7) is 0.0934. The molecule has 2 amide bonds. The van der Waals surface area contributed by atoms with Gasteiger partial charge in [0.2, 0.25) is 11.1 Å². The van der Waals surface area contributed by atoms with Crippen LogP contribution in [0.2, 0.25) is 0 Å². The second-order valence-electron chi connectivity index (χ2n) is 8.12. The van der Waals surface area contributed by atoms with Crippen molar-refractivity contribution in [3.63, 3.8) is 0 Å². The molecule has 0 radical (unpaired) electrons. The Labute approximate surface area is 219 Å². The number of nitrogens with one attached hydrogen (secondary N) is 1. The molecule has 0 aliphatic carbocycles. The number of carboxylic acid groups (broad SMARTS) is 1. The van der Waals surface area contributed by atoms with Crippen LogP contribution in [0.3, 0.4) is 0 Å². The molecule has 37 heavy (non-hydrogen) atoms.